The van der Waals surface area contributed by atoms with Crippen LogP contribution in [0.2, 0.25) is 15.1 Å². The molecule has 1 fully saturated rings. The molecule has 1 heterocycles. The molecule has 1 aromatic heterocycles. The first kappa shape index (κ1) is 20.7. The Bertz CT molecular complexity index is 963. The highest BCUT2D eigenvalue weighted by Gasteiger charge is 2.32. The summed E-state index contributed by atoms with van der Waals surface area (Å²) in [7, 11) is 0. The third-order valence-electron chi connectivity index (χ3n) is 3.83. The molecule has 148 valence electrons. The van der Waals surface area contributed by atoms with Crippen molar-refractivity contribution in [1.82, 2.24) is 10.3 Å². The molecule has 1 aromatic carbocycles. The lowest BCUT2D eigenvalue weighted by Crippen LogP contribution is -2.27. The van der Waals surface area contributed by atoms with E-state index in [1.807, 2.05) is 0 Å². The van der Waals surface area contributed by atoms with E-state index < -0.39 is 34.3 Å². The van der Waals surface area contributed by atoms with Gasteiger partial charge in [-0.1, -0.05) is 34.8 Å². The number of rotatable bonds is 4. The zero-order valence-corrected chi connectivity index (χ0v) is 16.1. The summed E-state index contributed by atoms with van der Waals surface area (Å²) in [4.78, 5) is 28.4. The second-order valence-corrected chi connectivity index (χ2v) is 7.32. The number of carbonyl (C=O) groups is 2. The summed E-state index contributed by atoms with van der Waals surface area (Å²) in [5, 5.41) is 4.77. The van der Waals surface area contributed by atoms with Gasteiger partial charge in [-0.3, -0.25) is 9.59 Å². The summed E-state index contributed by atoms with van der Waals surface area (Å²) in [5.74, 6) is -1.42. The SMILES string of the molecule is O=C(NC1CC1)c1cc(Cl)cc(Cl)c1NC(=O)c1ncc(C(F)(F)F)cc1Cl. The molecule has 0 radical (unpaired) electrons. The number of alkyl halides is 3. The molecule has 0 bridgehead atoms. The highest BCUT2D eigenvalue weighted by Crippen LogP contribution is 2.33. The lowest BCUT2D eigenvalue weighted by atomic mass is 10.1. The Morgan fingerprint density at radius 1 is 1.04 bits per heavy atom. The van der Waals surface area contributed by atoms with Gasteiger partial charge in [0.1, 0.15) is 5.69 Å². The first-order valence-corrected chi connectivity index (χ1v) is 9.03. The Morgan fingerprint density at radius 3 is 2.29 bits per heavy atom. The predicted octanol–water partition coefficient (Wildman–Crippen LogP) is 5.21. The van der Waals surface area contributed by atoms with Crippen LogP contribution in [0, 0.1) is 0 Å². The smallest absolute Gasteiger partial charge is 0.349 e. The molecule has 0 saturated heterocycles. The standard InChI is InChI=1S/C17H11Cl3F3N3O2/c18-8-4-10(15(27)25-9-1-2-9)13(12(20)5-8)26-16(28)14-11(19)3-7(6-24-14)17(21,22)23/h3-6,9H,1-2H2,(H,25,27)(H,26,28). The average molecular weight is 453 g/mol. The van der Waals surface area contributed by atoms with Crippen LogP contribution in [0.25, 0.3) is 0 Å². The molecular weight excluding hydrogens is 442 g/mol. The number of halogens is 6. The Balaban J connectivity index is 1.90. The summed E-state index contributed by atoms with van der Waals surface area (Å²) in [5.41, 5.74) is -1.58. The molecule has 2 N–H and O–H groups in total. The van der Waals surface area contributed by atoms with Crippen molar-refractivity contribution >= 4 is 52.3 Å². The van der Waals surface area contributed by atoms with E-state index in [4.69, 9.17) is 34.8 Å². The number of nitrogens with one attached hydrogen (secondary N) is 2. The Kier molecular flexibility index (Phi) is 5.74. The molecule has 5 nitrogen and oxygen atoms in total. The van der Waals surface area contributed by atoms with Crippen LogP contribution in [0.3, 0.4) is 0 Å². The zero-order chi connectivity index (χ0) is 20.6. The lowest BCUT2D eigenvalue weighted by Gasteiger charge is -2.14. The van der Waals surface area contributed by atoms with Crippen molar-refractivity contribution in [3.05, 3.63) is 56.3 Å². The number of nitrogens with zero attached hydrogens (tertiary/aromatic N) is 1. The average Bonchev–Trinajstić information content (AvgIpc) is 3.39. The number of aromatic nitrogens is 1. The van der Waals surface area contributed by atoms with Crippen LogP contribution in [0.4, 0.5) is 18.9 Å². The Morgan fingerprint density at radius 2 is 1.71 bits per heavy atom. The third kappa shape index (κ3) is 4.68. The van der Waals surface area contributed by atoms with Gasteiger partial charge >= 0.3 is 6.18 Å². The summed E-state index contributed by atoms with van der Waals surface area (Å²) >= 11 is 17.8. The van der Waals surface area contributed by atoms with Crippen molar-refractivity contribution in [2.45, 2.75) is 25.1 Å². The van der Waals surface area contributed by atoms with Crippen LogP contribution in [-0.2, 0) is 6.18 Å². The number of hydrogen-bond acceptors (Lipinski definition) is 3. The van der Waals surface area contributed by atoms with E-state index in [-0.39, 0.29) is 27.3 Å². The Labute approximate surface area is 172 Å². The first-order valence-electron chi connectivity index (χ1n) is 7.90. The maximum atomic E-state index is 12.7. The monoisotopic (exact) mass is 451 g/mol. The van der Waals surface area contributed by atoms with Crippen LogP contribution in [-0.4, -0.2) is 22.8 Å². The number of amides is 2. The van der Waals surface area contributed by atoms with Gasteiger partial charge in [-0.15, -0.1) is 0 Å². The molecule has 0 unspecified atom stereocenters. The fraction of sp³-hybridized carbons (Fsp3) is 0.235. The van der Waals surface area contributed by atoms with Crippen LogP contribution in [0.15, 0.2) is 24.4 Å². The van der Waals surface area contributed by atoms with Crippen molar-refractivity contribution in [1.29, 1.82) is 0 Å². The minimum atomic E-state index is -4.65. The third-order valence-corrected chi connectivity index (χ3v) is 4.64. The van der Waals surface area contributed by atoms with Crippen molar-refractivity contribution in [3.63, 3.8) is 0 Å². The summed E-state index contributed by atoms with van der Waals surface area (Å²) in [6, 6.07) is 3.27. The predicted molar refractivity (Wildman–Crippen MR) is 99.2 cm³/mol. The molecule has 3 rings (SSSR count). The van der Waals surface area contributed by atoms with Gasteiger partial charge in [0.25, 0.3) is 11.8 Å². The number of hydrogen-bond donors (Lipinski definition) is 2. The summed E-state index contributed by atoms with van der Waals surface area (Å²) in [6.45, 7) is 0. The fourth-order valence-electron chi connectivity index (χ4n) is 2.30. The van der Waals surface area contributed by atoms with E-state index in [9.17, 15) is 22.8 Å². The van der Waals surface area contributed by atoms with Gasteiger partial charge in [0.15, 0.2) is 0 Å². The second kappa shape index (κ2) is 7.77. The molecule has 2 amide bonds. The van der Waals surface area contributed by atoms with Gasteiger partial charge in [0, 0.05) is 17.3 Å². The number of pyridine rings is 1. The molecule has 0 aliphatic heterocycles. The van der Waals surface area contributed by atoms with Gasteiger partial charge in [-0.2, -0.15) is 13.2 Å². The van der Waals surface area contributed by atoms with E-state index >= 15 is 0 Å². The van der Waals surface area contributed by atoms with E-state index in [2.05, 4.69) is 15.6 Å². The normalized spacial score (nSPS) is 13.9. The van der Waals surface area contributed by atoms with Gasteiger partial charge < -0.3 is 10.6 Å². The van der Waals surface area contributed by atoms with Crippen LogP contribution < -0.4 is 10.6 Å². The quantitative estimate of drug-likeness (QED) is 0.669. The van der Waals surface area contributed by atoms with Crippen molar-refractivity contribution < 1.29 is 22.8 Å². The van der Waals surface area contributed by atoms with Crippen LogP contribution in [0.1, 0.15) is 39.3 Å². The molecule has 0 spiro atoms. The highest BCUT2D eigenvalue weighted by atomic mass is 35.5. The second-order valence-electron chi connectivity index (χ2n) is 6.06. The summed E-state index contributed by atoms with van der Waals surface area (Å²) in [6.07, 6.45) is -2.48. The minimum absolute atomic E-state index is 0.0146. The molecule has 0 atom stereocenters. The molecule has 1 saturated carbocycles. The van der Waals surface area contributed by atoms with Crippen LogP contribution in [0.5, 0.6) is 0 Å². The minimum Gasteiger partial charge on any atom is -0.349 e. The van der Waals surface area contributed by atoms with E-state index in [0.717, 1.165) is 12.8 Å². The first-order chi connectivity index (χ1) is 13.1. The van der Waals surface area contributed by atoms with Crippen molar-refractivity contribution in [3.8, 4) is 0 Å². The molecular formula is C17H11Cl3F3N3O2. The fourth-order valence-corrected chi connectivity index (χ4v) is 3.10. The molecule has 1 aliphatic rings. The number of anilines is 1. The van der Waals surface area contributed by atoms with E-state index in [1.54, 1.807) is 0 Å². The Hall–Kier alpha value is -2.03. The molecule has 28 heavy (non-hydrogen) atoms. The lowest BCUT2D eigenvalue weighted by molar-refractivity contribution is -0.137. The van der Waals surface area contributed by atoms with Crippen LogP contribution >= 0.6 is 34.8 Å². The number of carbonyl (C=O) groups excluding carboxylic acids is 2. The van der Waals surface area contributed by atoms with Crippen molar-refractivity contribution in [2.24, 2.45) is 0 Å². The largest absolute Gasteiger partial charge is 0.417 e. The highest BCUT2D eigenvalue weighted by molar-refractivity contribution is 6.38. The maximum absolute atomic E-state index is 12.7. The summed E-state index contributed by atoms with van der Waals surface area (Å²) < 4.78 is 38.1. The van der Waals surface area contributed by atoms with E-state index in [0.29, 0.717) is 12.3 Å². The van der Waals surface area contributed by atoms with Gasteiger partial charge in [0.2, 0.25) is 0 Å². The van der Waals surface area contributed by atoms with Crippen molar-refractivity contribution in [2.75, 3.05) is 5.32 Å². The molecule has 1 aliphatic carbocycles. The maximum Gasteiger partial charge on any atom is 0.417 e. The van der Waals surface area contributed by atoms with Gasteiger partial charge in [-0.05, 0) is 31.0 Å². The number of benzene rings is 1. The van der Waals surface area contributed by atoms with Gasteiger partial charge in [-0.25, -0.2) is 4.98 Å². The zero-order valence-electron chi connectivity index (χ0n) is 13.8. The van der Waals surface area contributed by atoms with E-state index in [1.165, 1.54) is 12.1 Å². The molecule has 2 aromatic rings. The molecule has 11 heteroatoms. The topological polar surface area (TPSA) is 71.1 Å². The van der Waals surface area contributed by atoms with Gasteiger partial charge in [0.05, 0.1) is 26.9 Å².